The lowest BCUT2D eigenvalue weighted by atomic mass is 10.1. The molecule has 7 heteroatoms. The number of hydrogen-bond acceptors (Lipinski definition) is 5. The number of nitrogens with zero attached hydrogens (tertiary/aromatic N) is 3. The Balaban J connectivity index is 1.83. The third-order valence-electron chi connectivity index (χ3n) is 4.38. The fourth-order valence-electron chi connectivity index (χ4n) is 3.22. The smallest absolute Gasteiger partial charge is 0.252 e. The van der Waals surface area contributed by atoms with E-state index in [9.17, 15) is 4.79 Å². The van der Waals surface area contributed by atoms with Crippen LogP contribution in [0.1, 0.15) is 22.5 Å². The molecule has 3 aromatic heterocycles. The standard InChI is InChI=1S/C17H19N5OS/c1-10-15-12(17(23)19-11-5-6-18-9-11)8-13(14-4-3-7-24-14)20-16(15)22(2)21-10/h3-4,7-8,11,18H,5-6,9H2,1-2H3,(H,19,23). The van der Waals surface area contributed by atoms with Gasteiger partial charge in [-0.2, -0.15) is 5.10 Å². The van der Waals surface area contributed by atoms with Crippen molar-refractivity contribution in [3.8, 4) is 10.6 Å². The summed E-state index contributed by atoms with van der Waals surface area (Å²) in [5.41, 5.74) is 3.04. The molecule has 0 aromatic carbocycles. The molecule has 4 heterocycles. The summed E-state index contributed by atoms with van der Waals surface area (Å²) in [6.45, 7) is 3.69. The molecule has 1 unspecified atom stereocenters. The van der Waals surface area contributed by atoms with E-state index in [2.05, 4.69) is 15.7 Å². The molecule has 24 heavy (non-hydrogen) atoms. The van der Waals surface area contributed by atoms with Crippen LogP contribution in [0.15, 0.2) is 23.6 Å². The van der Waals surface area contributed by atoms with Gasteiger partial charge in [0.05, 0.1) is 27.2 Å². The molecule has 0 saturated carbocycles. The Bertz CT molecular complexity index is 893. The van der Waals surface area contributed by atoms with Crippen molar-refractivity contribution in [2.45, 2.75) is 19.4 Å². The summed E-state index contributed by atoms with van der Waals surface area (Å²) >= 11 is 1.62. The monoisotopic (exact) mass is 341 g/mol. The molecule has 0 bridgehead atoms. The molecule has 1 aliphatic heterocycles. The summed E-state index contributed by atoms with van der Waals surface area (Å²) in [4.78, 5) is 18.7. The molecule has 0 radical (unpaired) electrons. The number of thiophene rings is 1. The van der Waals surface area contributed by atoms with Gasteiger partial charge in [0.1, 0.15) is 0 Å². The summed E-state index contributed by atoms with van der Waals surface area (Å²) in [6, 6.07) is 6.08. The maximum Gasteiger partial charge on any atom is 0.252 e. The fraction of sp³-hybridized carbons (Fsp3) is 0.353. The van der Waals surface area contributed by atoms with E-state index in [1.165, 1.54) is 0 Å². The van der Waals surface area contributed by atoms with Crippen LogP contribution in [0.25, 0.3) is 21.6 Å². The summed E-state index contributed by atoms with van der Waals surface area (Å²) in [7, 11) is 1.86. The average Bonchev–Trinajstić information content (AvgIpc) is 3.30. The third-order valence-corrected chi connectivity index (χ3v) is 5.27. The zero-order valence-corrected chi connectivity index (χ0v) is 14.5. The number of aryl methyl sites for hydroxylation is 2. The molecule has 3 aromatic rings. The molecule has 124 valence electrons. The SMILES string of the molecule is Cc1nn(C)c2nc(-c3cccs3)cc(C(=O)NC3CCNC3)c12. The lowest BCUT2D eigenvalue weighted by Crippen LogP contribution is -2.36. The number of rotatable bonds is 3. The van der Waals surface area contributed by atoms with Crippen LogP contribution in [0.2, 0.25) is 0 Å². The number of aromatic nitrogens is 3. The van der Waals surface area contributed by atoms with Gasteiger partial charge in [-0.05, 0) is 37.4 Å². The summed E-state index contributed by atoms with van der Waals surface area (Å²) < 4.78 is 1.75. The molecule has 1 atom stereocenters. The molecule has 6 nitrogen and oxygen atoms in total. The Morgan fingerprint density at radius 3 is 3.08 bits per heavy atom. The van der Waals surface area contributed by atoms with E-state index in [1.807, 2.05) is 37.6 Å². The van der Waals surface area contributed by atoms with Crippen LogP contribution in [0.5, 0.6) is 0 Å². The van der Waals surface area contributed by atoms with Crippen LogP contribution in [-0.4, -0.2) is 39.8 Å². The largest absolute Gasteiger partial charge is 0.348 e. The second-order valence-corrected chi connectivity index (χ2v) is 7.05. The summed E-state index contributed by atoms with van der Waals surface area (Å²) in [5.74, 6) is -0.0509. The first-order valence-electron chi connectivity index (χ1n) is 8.03. The van der Waals surface area contributed by atoms with Crippen LogP contribution in [0.4, 0.5) is 0 Å². The minimum Gasteiger partial charge on any atom is -0.348 e. The zero-order chi connectivity index (χ0) is 16.7. The summed E-state index contributed by atoms with van der Waals surface area (Å²) in [5, 5.41) is 13.7. The van der Waals surface area contributed by atoms with Gasteiger partial charge >= 0.3 is 0 Å². The predicted octanol–water partition coefficient (Wildman–Crippen LogP) is 2.10. The number of fused-ring (bicyclic) bond motifs is 1. The highest BCUT2D eigenvalue weighted by Gasteiger charge is 2.22. The van der Waals surface area contributed by atoms with Crippen molar-refractivity contribution in [1.82, 2.24) is 25.4 Å². The van der Waals surface area contributed by atoms with Crippen LogP contribution < -0.4 is 10.6 Å². The molecular weight excluding hydrogens is 322 g/mol. The second-order valence-electron chi connectivity index (χ2n) is 6.10. The highest BCUT2D eigenvalue weighted by atomic mass is 32.1. The van der Waals surface area contributed by atoms with Crippen molar-refractivity contribution in [2.75, 3.05) is 13.1 Å². The zero-order valence-electron chi connectivity index (χ0n) is 13.7. The number of carbonyl (C=O) groups excluding carboxylic acids is 1. The van der Waals surface area contributed by atoms with E-state index in [-0.39, 0.29) is 11.9 Å². The van der Waals surface area contributed by atoms with Crippen molar-refractivity contribution >= 4 is 28.3 Å². The Labute approximate surface area is 143 Å². The van der Waals surface area contributed by atoms with Crippen LogP contribution in [0, 0.1) is 6.92 Å². The van der Waals surface area contributed by atoms with Crippen molar-refractivity contribution in [1.29, 1.82) is 0 Å². The highest BCUT2D eigenvalue weighted by molar-refractivity contribution is 7.13. The van der Waals surface area contributed by atoms with Crippen LogP contribution in [-0.2, 0) is 7.05 Å². The van der Waals surface area contributed by atoms with Gasteiger partial charge in [-0.15, -0.1) is 11.3 Å². The van der Waals surface area contributed by atoms with Gasteiger partial charge in [0.15, 0.2) is 5.65 Å². The Morgan fingerprint density at radius 1 is 1.50 bits per heavy atom. The number of hydrogen-bond donors (Lipinski definition) is 2. The minimum atomic E-state index is -0.0509. The van der Waals surface area contributed by atoms with Gasteiger partial charge in [-0.1, -0.05) is 6.07 Å². The number of carbonyl (C=O) groups is 1. The van der Waals surface area contributed by atoms with Crippen molar-refractivity contribution < 1.29 is 4.79 Å². The average molecular weight is 341 g/mol. The fourth-order valence-corrected chi connectivity index (χ4v) is 3.90. The van der Waals surface area contributed by atoms with E-state index < -0.39 is 0 Å². The first kappa shape index (κ1) is 15.3. The molecule has 0 spiro atoms. The maximum atomic E-state index is 12.9. The van der Waals surface area contributed by atoms with Gasteiger partial charge in [-0.3, -0.25) is 9.48 Å². The van der Waals surface area contributed by atoms with Crippen molar-refractivity contribution in [3.63, 3.8) is 0 Å². The highest BCUT2D eigenvalue weighted by Crippen LogP contribution is 2.29. The predicted molar refractivity (Wildman–Crippen MR) is 95.3 cm³/mol. The quantitative estimate of drug-likeness (QED) is 0.765. The maximum absolute atomic E-state index is 12.9. The van der Waals surface area contributed by atoms with E-state index in [0.717, 1.165) is 46.8 Å². The minimum absolute atomic E-state index is 0.0509. The third kappa shape index (κ3) is 2.59. The van der Waals surface area contributed by atoms with E-state index in [0.29, 0.717) is 5.56 Å². The molecule has 2 N–H and O–H groups in total. The first-order chi connectivity index (χ1) is 11.6. The van der Waals surface area contributed by atoms with Crippen LogP contribution in [0.3, 0.4) is 0 Å². The number of nitrogens with one attached hydrogen (secondary N) is 2. The van der Waals surface area contributed by atoms with E-state index >= 15 is 0 Å². The van der Waals surface area contributed by atoms with Gasteiger partial charge in [0.2, 0.25) is 0 Å². The van der Waals surface area contributed by atoms with E-state index in [4.69, 9.17) is 4.98 Å². The van der Waals surface area contributed by atoms with Gasteiger partial charge in [0.25, 0.3) is 5.91 Å². The molecular formula is C17H19N5OS. The second kappa shape index (κ2) is 5.99. The Morgan fingerprint density at radius 2 is 2.38 bits per heavy atom. The molecule has 4 rings (SSSR count). The molecule has 1 amide bonds. The van der Waals surface area contributed by atoms with Crippen molar-refractivity contribution in [2.24, 2.45) is 7.05 Å². The van der Waals surface area contributed by atoms with Crippen molar-refractivity contribution in [3.05, 3.63) is 34.8 Å². The molecule has 1 aliphatic rings. The Hall–Kier alpha value is -2.25. The van der Waals surface area contributed by atoms with E-state index in [1.54, 1.807) is 16.0 Å². The normalized spacial score (nSPS) is 17.5. The van der Waals surface area contributed by atoms with Gasteiger partial charge < -0.3 is 10.6 Å². The topological polar surface area (TPSA) is 71.8 Å². The van der Waals surface area contributed by atoms with Gasteiger partial charge in [-0.25, -0.2) is 4.98 Å². The van der Waals surface area contributed by atoms with Crippen LogP contribution >= 0.6 is 11.3 Å². The molecule has 1 fully saturated rings. The van der Waals surface area contributed by atoms with Gasteiger partial charge in [0, 0.05) is 19.6 Å². The molecule has 0 aliphatic carbocycles. The number of amides is 1. The number of pyridine rings is 1. The summed E-state index contributed by atoms with van der Waals surface area (Å²) in [6.07, 6.45) is 0.962. The Kier molecular flexibility index (Phi) is 3.82. The molecule has 1 saturated heterocycles. The lowest BCUT2D eigenvalue weighted by molar-refractivity contribution is 0.0941. The lowest BCUT2D eigenvalue weighted by Gasteiger charge is -2.13. The first-order valence-corrected chi connectivity index (χ1v) is 8.91.